The van der Waals surface area contributed by atoms with Gasteiger partial charge in [0.25, 0.3) is 0 Å². The summed E-state index contributed by atoms with van der Waals surface area (Å²) in [5, 5.41) is 8.61. The van der Waals surface area contributed by atoms with Crippen LogP contribution in [0.25, 0.3) is 22.2 Å². The van der Waals surface area contributed by atoms with E-state index in [9.17, 15) is 9.18 Å². The Kier molecular flexibility index (Phi) is 4.62. The van der Waals surface area contributed by atoms with Gasteiger partial charge in [0.15, 0.2) is 0 Å². The maximum atomic E-state index is 14.4. The van der Waals surface area contributed by atoms with E-state index in [-0.39, 0.29) is 29.9 Å². The zero-order chi connectivity index (χ0) is 20.8. The van der Waals surface area contributed by atoms with Crippen molar-refractivity contribution in [3.05, 3.63) is 35.9 Å². The molecule has 156 valence electrons. The van der Waals surface area contributed by atoms with Gasteiger partial charge in [-0.15, -0.1) is 0 Å². The lowest BCUT2D eigenvalue weighted by Crippen LogP contribution is -2.42. The Hall–Kier alpha value is -3.07. The lowest BCUT2D eigenvalue weighted by atomic mass is 10.0. The molecule has 2 aliphatic rings. The van der Waals surface area contributed by atoms with E-state index in [1.807, 2.05) is 14.1 Å². The van der Waals surface area contributed by atoms with Gasteiger partial charge in [-0.3, -0.25) is 9.48 Å². The Balaban J connectivity index is 1.65. The monoisotopic (exact) mass is 410 g/mol. The van der Waals surface area contributed by atoms with Crippen molar-refractivity contribution in [2.24, 2.45) is 7.05 Å². The molecule has 1 saturated heterocycles. The Morgan fingerprint density at radius 2 is 2.17 bits per heavy atom. The number of aromatic nitrogens is 4. The van der Waals surface area contributed by atoms with Gasteiger partial charge in [0.2, 0.25) is 5.91 Å². The zero-order valence-corrected chi connectivity index (χ0v) is 16.9. The third-order valence-corrected chi connectivity index (χ3v) is 5.87. The lowest BCUT2D eigenvalue weighted by molar-refractivity contribution is -0.131. The fourth-order valence-corrected chi connectivity index (χ4v) is 4.38. The van der Waals surface area contributed by atoms with E-state index in [1.54, 1.807) is 21.8 Å². The number of carbonyl (C=O) groups is 1. The number of benzene rings is 1. The topological polar surface area (TPSA) is 85.2 Å². The van der Waals surface area contributed by atoms with E-state index in [0.717, 1.165) is 17.5 Å². The number of aryl methyl sites for hydroxylation is 2. The normalized spacial score (nSPS) is 22.0. The van der Waals surface area contributed by atoms with Crippen LogP contribution in [0.2, 0.25) is 0 Å². The van der Waals surface area contributed by atoms with Crippen LogP contribution in [0, 0.1) is 5.82 Å². The molecular weight excluding hydrogens is 387 g/mol. The van der Waals surface area contributed by atoms with E-state index in [4.69, 9.17) is 4.74 Å². The highest BCUT2D eigenvalue weighted by Crippen LogP contribution is 2.32. The molecule has 2 aromatic heterocycles. The number of hydrogen-bond donors (Lipinski definition) is 1. The van der Waals surface area contributed by atoms with Crippen LogP contribution in [-0.2, 0) is 18.3 Å². The molecular formula is C21H23FN6O2. The van der Waals surface area contributed by atoms with Crippen LogP contribution in [-0.4, -0.2) is 62.8 Å². The summed E-state index contributed by atoms with van der Waals surface area (Å²) in [5.41, 5.74) is 2.82. The van der Waals surface area contributed by atoms with E-state index < -0.39 is 0 Å². The molecule has 0 unspecified atom stereocenters. The van der Waals surface area contributed by atoms with Gasteiger partial charge < -0.3 is 15.0 Å². The highest BCUT2D eigenvalue weighted by molar-refractivity contribution is 5.96. The Morgan fingerprint density at radius 1 is 1.30 bits per heavy atom. The van der Waals surface area contributed by atoms with Gasteiger partial charge in [-0.05, 0) is 25.0 Å². The first kappa shape index (κ1) is 18.9. The van der Waals surface area contributed by atoms with Crippen molar-refractivity contribution in [1.29, 1.82) is 0 Å². The average molecular weight is 410 g/mol. The molecule has 1 aromatic carbocycles. The predicted octanol–water partition coefficient (Wildman–Crippen LogP) is 1.68. The first-order valence-corrected chi connectivity index (χ1v) is 10.1. The number of amides is 1. The van der Waals surface area contributed by atoms with Gasteiger partial charge in [-0.2, -0.15) is 10.1 Å². The number of fused-ring (bicyclic) bond motifs is 5. The minimum atomic E-state index is -0.366. The summed E-state index contributed by atoms with van der Waals surface area (Å²) in [6.07, 6.45) is 3.45. The summed E-state index contributed by atoms with van der Waals surface area (Å²) in [6.45, 7) is 1.17. The van der Waals surface area contributed by atoms with Crippen LogP contribution < -0.4 is 10.1 Å². The Bertz CT molecular complexity index is 1130. The first-order chi connectivity index (χ1) is 14.5. The zero-order valence-electron chi connectivity index (χ0n) is 16.9. The quantitative estimate of drug-likeness (QED) is 0.607. The largest absolute Gasteiger partial charge is 0.459 e. The fraction of sp³-hybridized carbons (Fsp3) is 0.429. The molecule has 4 heterocycles. The minimum Gasteiger partial charge on any atom is -0.459 e. The summed E-state index contributed by atoms with van der Waals surface area (Å²) >= 11 is 0. The lowest BCUT2D eigenvalue weighted by Gasteiger charge is -2.21. The second-order valence-electron chi connectivity index (χ2n) is 7.94. The van der Waals surface area contributed by atoms with Crippen LogP contribution in [0.15, 0.2) is 24.4 Å². The second-order valence-corrected chi connectivity index (χ2v) is 7.94. The highest BCUT2D eigenvalue weighted by atomic mass is 19.1. The van der Waals surface area contributed by atoms with Gasteiger partial charge >= 0.3 is 6.01 Å². The van der Waals surface area contributed by atoms with Crippen molar-refractivity contribution in [1.82, 2.24) is 30.0 Å². The Morgan fingerprint density at radius 3 is 3.03 bits per heavy atom. The van der Waals surface area contributed by atoms with Crippen molar-refractivity contribution < 1.29 is 13.9 Å². The van der Waals surface area contributed by atoms with Crippen molar-refractivity contribution in [3.63, 3.8) is 0 Å². The molecule has 5 rings (SSSR count). The molecule has 1 N–H and O–H groups in total. The number of ether oxygens (including phenoxy) is 1. The van der Waals surface area contributed by atoms with Crippen LogP contribution in [0.1, 0.15) is 18.5 Å². The third kappa shape index (κ3) is 3.28. The second kappa shape index (κ2) is 7.32. The summed E-state index contributed by atoms with van der Waals surface area (Å²) in [6, 6.07) is 4.63. The van der Waals surface area contributed by atoms with Crippen molar-refractivity contribution in [3.8, 4) is 17.3 Å². The van der Waals surface area contributed by atoms with E-state index >= 15 is 0 Å². The standard InChI is InChI=1S/C21H23FN6O2/c1-27-7-3-4-18-19-14(8-12(22)9-16(19)26-28(18)2)15-5-6-23-21(25-15)30-13-10-17(20(27)29)24-11-13/h5-6,8-9,13,17,24H,3-4,7,10-11H2,1-2H3/t13-,17-/m0/s1. The van der Waals surface area contributed by atoms with Gasteiger partial charge in [0.1, 0.15) is 11.9 Å². The van der Waals surface area contributed by atoms with Gasteiger partial charge in [0, 0.05) is 62.5 Å². The van der Waals surface area contributed by atoms with Crippen LogP contribution in [0.4, 0.5) is 4.39 Å². The van der Waals surface area contributed by atoms with E-state index in [1.165, 1.54) is 12.1 Å². The smallest absolute Gasteiger partial charge is 0.317 e. The molecule has 0 radical (unpaired) electrons. The predicted molar refractivity (Wildman–Crippen MR) is 108 cm³/mol. The fourth-order valence-electron chi connectivity index (χ4n) is 4.38. The molecule has 2 aliphatic heterocycles. The molecule has 0 saturated carbocycles. The maximum absolute atomic E-state index is 14.4. The summed E-state index contributed by atoms with van der Waals surface area (Å²) in [5.74, 6) is -0.308. The summed E-state index contributed by atoms with van der Waals surface area (Å²) in [7, 11) is 3.68. The minimum absolute atomic E-state index is 0.0586. The number of hydrogen-bond acceptors (Lipinski definition) is 6. The third-order valence-electron chi connectivity index (χ3n) is 5.87. The number of likely N-dealkylation sites (N-methyl/N-ethyl adjacent to an activating group) is 1. The number of nitrogens with zero attached hydrogens (tertiary/aromatic N) is 5. The molecule has 4 bridgehead atoms. The van der Waals surface area contributed by atoms with Gasteiger partial charge in [0.05, 0.1) is 17.3 Å². The highest BCUT2D eigenvalue weighted by Gasteiger charge is 2.33. The van der Waals surface area contributed by atoms with E-state index in [0.29, 0.717) is 42.7 Å². The van der Waals surface area contributed by atoms with Crippen molar-refractivity contribution >= 4 is 16.8 Å². The van der Waals surface area contributed by atoms with Crippen LogP contribution in [0.5, 0.6) is 6.01 Å². The van der Waals surface area contributed by atoms with Crippen molar-refractivity contribution in [2.45, 2.75) is 31.4 Å². The maximum Gasteiger partial charge on any atom is 0.317 e. The first-order valence-electron chi connectivity index (χ1n) is 10.1. The molecule has 1 fully saturated rings. The summed E-state index contributed by atoms with van der Waals surface area (Å²) < 4.78 is 22.1. The molecule has 2 atom stereocenters. The number of carbonyl (C=O) groups excluding carboxylic acids is 1. The molecule has 8 nitrogen and oxygen atoms in total. The van der Waals surface area contributed by atoms with E-state index in [2.05, 4.69) is 20.4 Å². The summed E-state index contributed by atoms with van der Waals surface area (Å²) in [4.78, 5) is 23.3. The van der Waals surface area contributed by atoms with Gasteiger partial charge in [-0.1, -0.05) is 0 Å². The molecule has 3 aromatic rings. The molecule has 0 spiro atoms. The van der Waals surface area contributed by atoms with Crippen molar-refractivity contribution in [2.75, 3.05) is 20.1 Å². The van der Waals surface area contributed by atoms with Gasteiger partial charge in [-0.25, -0.2) is 9.37 Å². The number of rotatable bonds is 0. The molecule has 9 heteroatoms. The SMILES string of the molecule is CN1CCCc2c3c(cc(F)cc3nn2C)-c2ccnc(n2)O[C@@H]2CN[C@@H](C2)C1=O. The molecule has 1 amide bonds. The molecule has 30 heavy (non-hydrogen) atoms. The van der Waals surface area contributed by atoms with Crippen LogP contribution >= 0.6 is 0 Å². The molecule has 0 aliphatic carbocycles. The number of nitrogens with one attached hydrogen (secondary N) is 1. The number of halogens is 1. The Labute approximate surface area is 173 Å². The average Bonchev–Trinajstić information content (AvgIpc) is 3.30. The van der Waals surface area contributed by atoms with Crippen LogP contribution in [0.3, 0.4) is 0 Å².